The molecule has 0 bridgehead atoms. The number of thiophene rings is 1. The number of carbonyl (C=O) groups excluding carboxylic acids is 1. The summed E-state index contributed by atoms with van der Waals surface area (Å²) in [4.78, 5) is 13.4. The smallest absolute Gasteiger partial charge is 0.230 e. The molecular formula is C22H23NO4S. The van der Waals surface area contributed by atoms with Gasteiger partial charge in [-0.15, -0.1) is 0 Å². The Morgan fingerprint density at radius 1 is 1.14 bits per heavy atom. The largest absolute Gasteiger partial charge is 0.466 e. The minimum atomic E-state index is -1.41. The quantitative estimate of drug-likeness (QED) is 0.668. The van der Waals surface area contributed by atoms with E-state index in [1.165, 1.54) is 17.6 Å². The second-order valence-electron chi connectivity index (χ2n) is 7.09. The fourth-order valence-electron chi connectivity index (χ4n) is 3.85. The van der Waals surface area contributed by atoms with E-state index in [-0.39, 0.29) is 12.5 Å². The van der Waals surface area contributed by atoms with E-state index in [1.807, 2.05) is 47.2 Å². The predicted octanol–water partition coefficient (Wildman–Crippen LogP) is 3.44. The maximum Gasteiger partial charge on any atom is 0.230 e. The summed E-state index contributed by atoms with van der Waals surface area (Å²) < 4.78 is 11.0. The van der Waals surface area contributed by atoms with Crippen molar-refractivity contribution in [2.24, 2.45) is 0 Å². The van der Waals surface area contributed by atoms with E-state index in [9.17, 15) is 9.90 Å². The van der Waals surface area contributed by atoms with Crippen molar-refractivity contribution in [2.45, 2.75) is 23.9 Å². The van der Waals surface area contributed by atoms with Gasteiger partial charge in [-0.3, -0.25) is 4.79 Å². The van der Waals surface area contributed by atoms with Crippen molar-refractivity contribution >= 4 is 17.2 Å². The zero-order valence-corrected chi connectivity index (χ0v) is 16.3. The first-order chi connectivity index (χ1) is 13.7. The lowest BCUT2D eigenvalue weighted by Crippen LogP contribution is -2.51. The lowest BCUT2D eigenvalue weighted by atomic mass is 9.73. The topological polar surface area (TPSA) is 71.7 Å². The molecule has 1 aromatic carbocycles. The minimum absolute atomic E-state index is 0.0333. The summed E-state index contributed by atoms with van der Waals surface area (Å²) in [6, 6.07) is 15.1. The standard InChI is InChI=1S/C22H23NO4S/c24-20(21(9-12-26-13-10-21)17-5-2-1-3-6-17)23-16-22(25,18-8-14-28-15-18)19-7-4-11-27-19/h1-8,11,14-15,25H,9-10,12-13,16H2,(H,23,24). The number of rotatable bonds is 6. The first-order valence-electron chi connectivity index (χ1n) is 9.36. The molecule has 2 aromatic heterocycles. The number of benzene rings is 1. The van der Waals surface area contributed by atoms with Crippen LogP contribution in [0.1, 0.15) is 29.7 Å². The molecule has 3 aromatic rings. The number of furan rings is 1. The predicted molar refractivity (Wildman–Crippen MR) is 107 cm³/mol. The highest BCUT2D eigenvalue weighted by Crippen LogP contribution is 2.36. The molecule has 0 spiro atoms. The molecule has 1 aliphatic rings. The van der Waals surface area contributed by atoms with E-state index < -0.39 is 11.0 Å². The molecule has 1 unspecified atom stereocenters. The average Bonchev–Trinajstić information content (AvgIpc) is 3.48. The molecule has 0 radical (unpaired) electrons. The summed E-state index contributed by atoms with van der Waals surface area (Å²) in [5, 5.41) is 18.2. The second-order valence-corrected chi connectivity index (χ2v) is 7.87. The van der Waals surface area contributed by atoms with Gasteiger partial charge < -0.3 is 19.6 Å². The van der Waals surface area contributed by atoms with E-state index in [0.29, 0.717) is 37.4 Å². The number of carbonyl (C=O) groups is 1. The summed E-state index contributed by atoms with van der Waals surface area (Å²) in [6.07, 6.45) is 2.75. The number of hydrogen-bond donors (Lipinski definition) is 2. The van der Waals surface area contributed by atoms with Crippen molar-refractivity contribution in [1.82, 2.24) is 5.32 Å². The third kappa shape index (κ3) is 3.39. The van der Waals surface area contributed by atoms with Gasteiger partial charge in [-0.05, 0) is 47.4 Å². The molecule has 146 valence electrons. The molecule has 1 atom stereocenters. The van der Waals surface area contributed by atoms with Crippen LogP contribution in [0.4, 0.5) is 0 Å². The zero-order valence-electron chi connectivity index (χ0n) is 15.5. The lowest BCUT2D eigenvalue weighted by Gasteiger charge is -2.37. The highest BCUT2D eigenvalue weighted by atomic mass is 32.1. The Morgan fingerprint density at radius 2 is 1.93 bits per heavy atom. The van der Waals surface area contributed by atoms with Crippen LogP contribution in [-0.4, -0.2) is 30.8 Å². The molecule has 5 nitrogen and oxygen atoms in total. The Morgan fingerprint density at radius 3 is 2.57 bits per heavy atom. The summed E-state index contributed by atoms with van der Waals surface area (Å²) in [5.41, 5.74) is -0.387. The van der Waals surface area contributed by atoms with Crippen LogP contribution in [0.2, 0.25) is 0 Å². The highest BCUT2D eigenvalue weighted by molar-refractivity contribution is 7.08. The van der Waals surface area contributed by atoms with Crippen LogP contribution in [0.25, 0.3) is 0 Å². The summed E-state index contributed by atoms with van der Waals surface area (Å²) in [6.45, 7) is 1.11. The van der Waals surface area contributed by atoms with Gasteiger partial charge in [-0.1, -0.05) is 30.3 Å². The van der Waals surface area contributed by atoms with Crippen molar-refractivity contribution in [3.05, 3.63) is 82.4 Å². The van der Waals surface area contributed by atoms with E-state index in [2.05, 4.69) is 5.32 Å². The van der Waals surface area contributed by atoms with Gasteiger partial charge in [0, 0.05) is 18.8 Å². The van der Waals surface area contributed by atoms with Crippen molar-refractivity contribution in [1.29, 1.82) is 0 Å². The van der Waals surface area contributed by atoms with E-state index in [0.717, 1.165) is 5.56 Å². The van der Waals surface area contributed by atoms with Crippen LogP contribution in [0.5, 0.6) is 0 Å². The Bertz CT molecular complexity index is 850. The van der Waals surface area contributed by atoms with Gasteiger partial charge in [0.05, 0.1) is 18.2 Å². The maximum absolute atomic E-state index is 13.4. The monoisotopic (exact) mass is 397 g/mol. The van der Waals surface area contributed by atoms with Gasteiger partial charge in [0.1, 0.15) is 5.76 Å². The number of nitrogens with one attached hydrogen (secondary N) is 1. The molecule has 1 saturated heterocycles. The molecule has 1 aliphatic heterocycles. The molecule has 28 heavy (non-hydrogen) atoms. The molecule has 4 rings (SSSR count). The summed E-state index contributed by atoms with van der Waals surface area (Å²) in [7, 11) is 0. The first-order valence-corrected chi connectivity index (χ1v) is 10.3. The van der Waals surface area contributed by atoms with Crippen LogP contribution < -0.4 is 5.32 Å². The highest BCUT2D eigenvalue weighted by Gasteiger charge is 2.43. The number of amides is 1. The minimum Gasteiger partial charge on any atom is -0.466 e. The average molecular weight is 397 g/mol. The Hall–Kier alpha value is -2.41. The van der Waals surface area contributed by atoms with E-state index in [1.54, 1.807) is 12.1 Å². The van der Waals surface area contributed by atoms with Gasteiger partial charge in [0.2, 0.25) is 5.91 Å². The maximum atomic E-state index is 13.4. The molecular weight excluding hydrogens is 374 g/mol. The number of aliphatic hydroxyl groups is 1. The van der Waals surface area contributed by atoms with Crippen LogP contribution in [0.3, 0.4) is 0 Å². The van der Waals surface area contributed by atoms with Crippen molar-refractivity contribution in [3.63, 3.8) is 0 Å². The van der Waals surface area contributed by atoms with Crippen LogP contribution in [-0.2, 0) is 20.5 Å². The molecule has 6 heteroatoms. The summed E-state index contributed by atoms with van der Waals surface area (Å²) >= 11 is 1.49. The van der Waals surface area contributed by atoms with Crippen molar-refractivity contribution < 1.29 is 19.1 Å². The van der Waals surface area contributed by atoms with Gasteiger partial charge in [0.25, 0.3) is 0 Å². The third-order valence-electron chi connectivity index (χ3n) is 5.54. The number of hydrogen-bond acceptors (Lipinski definition) is 5. The fraction of sp³-hybridized carbons (Fsp3) is 0.318. The summed E-state index contributed by atoms with van der Waals surface area (Å²) in [5.74, 6) is 0.314. The molecule has 2 N–H and O–H groups in total. The molecule has 0 saturated carbocycles. The van der Waals surface area contributed by atoms with Gasteiger partial charge in [-0.2, -0.15) is 11.3 Å². The van der Waals surface area contributed by atoms with E-state index in [4.69, 9.17) is 9.15 Å². The second kappa shape index (κ2) is 7.91. The normalized spacial score (nSPS) is 18.3. The Kier molecular flexibility index (Phi) is 5.35. The number of ether oxygens (including phenoxy) is 1. The molecule has 1 amide bonds. The van der Waals surface area contributed by atoms with Crippen LogP contribution in [0, 0.1) is 0 Å². The molecule has 0 aliphatic carbocycles. The van der Waals surface area contributed by atoms with Crippen molar-refractivity contribution in [3.8, 4) is 0 Å². The van der Waals surface area contributed by atoms with Crippen molar-refractivity contribution in [2.75, 3.05) is 19.8 Å². The van der Waals surface area contributed by atoms with Crippen LogP contribution in [0.15, 0.2) is 70.0 Å². The van der Waals surface area contributed by atoms with Crippen LogP contribution >= 0.6 is 11.3 Å². The third-order valence-corrected chi connectivity index (χ3v) is 6.22. The SMILES string of the molecule is O=C(NCC(O)(c1ccsc1)c1ccco1)C1(c2ccccc2)CCOCC1. The van der Waals surface area contributed by atoms with Gasteiger partial charge in [0.15, 0.2) is 5.60 Å². The molecule has 3 heterocycles. The Balaban J connectivity index is 1.61. The van der Waals surface area contributed by atoms with E-state index >= 15 is 0 Å². The Labute approximate surface area is 168 Å². The van der Waals surface area contributed by atoms with Gasteiger partial charge >= 0.3 is 0 Å². The first kappa shape index (κ1) is 18.9. The fourth-order valence-corrected chi connectivity index (χ4v) is 4.57. The molecule has 1 fully saturated rings. The lowest BCUT2D eigenvalue weighted by molar-refractivity contribution is -0.131. The van der Waals surface area contributed by atoms with Gasteiger partial charge in [-0.25, -0.2) is 0 Å². The zero-order chi connectivity index (χ0) is 19.5.